The van der Waals surface area contributed by atoms with Crippen LogP contribution in [0.25, 0.3) is 11.3 Å². The molecule has 0 saturated carbocycles. The van der Waals surface area contributed by atoms with Crippen LogP contribution in [0.2, 0.25) is 0 Å². The molecule has 0 atom stereocenters. The van der Waals surface area contributed by atoms with Gasteiger partial charge in [-0.3, -0.25) is 9.36 Å². The van der Waals surface area contributed by atoms with E-state index in [0.29, 0.717) is 12.5 Å². The molecular weight excluding hydrogens is 278 g/mol. The van der Waals surface area contributed by atoms with Crippen LogP contribution in [0.4, 0.5) is 5.95 Å². The predicted octanol–water partition coefficient (Wildman–Crippen LogP) is 1.84. The summed E-state index contributed by atoms with van der Waals surface area (Å²) in [5.41, 5.74) is 5.10. The molecule has 7 nitrogen and oxygen atoms in total. The van der Waals surface area contributed by atoms with Crippen LogP contribution in [0.5, 0.6) is 0 Å². The van der Waals surface area contributed by atoms with Crippen LogP contribution in [0.15, 0.2) is 24.7 Å². The quantitative estimate of drug-likeness (QED) is 0.795. The Hall–Kier alpha value is -2.70. The van der Waals surface area contributed by atoms with Gasteiger partial charge in [0.15, 0.2) is 0 Å². The van der Waals surface area contributed by atoms with Gasteiger partial charge in [0.05, 0.1) is 17.6 Å². The molecule has 0 saturated heterocycles. The average Bonchev–Trinajstić information content (AvgIpc) is 3.00. The molecule has 1 N–H and O–H groups in total. The molecule has 114 valence electrons. The highest BCUT2D eigenvalue weighted by molar-refractivity contribution is 5.61. The minimum atomic E-state index is 0.601. The van der Waals surface area contributed by atoms with E-state index in [1.54, 1.807) is 10.9 Å². The van der Waals surface area contributed by atoms with E-state index in [1.165, 1.54) is 0 Å². The van der Waals surface area contributed by atoms with Gasteiger partial charge in [-0.05, 0) is 19.9 Å². The highest BCUT2D eigenvalue weighted by Crippen LogP contribution is 2.20. The van der Waals surface area contributed by atoms with Crippen LogP contribution in [0, 0.1) is 13.8 Å². The molecule has 22 heavy (non-hydrogen) atoms. The molecular formula is C15H19N7. The third kappa shape index (κ3) is 2.69. The lowest BCUT2D eigenvalue weighted by molar-refractivity contribution is 0.738. The van der Waals surface area contributed by atoms with Gasteiger partial charge in [-0.25, -0.2) is 9.97 Å². The lowest BCUT2D eigenvalue weighted by Gasteiger charge is -2.06. The van der Waals surface area contributed by atoms with Gasteiger partial charge in [-0.1, -0.05) is 0 Å². The summed E-state index contributed by atoms with van der Waals surface area (Å²) in [5.74, 6) is 0.601. The maximum Gasteiger partial charge on any atom is 0.223 e. The number of aromatic nitrogens is 6. The molecule has 0 fully saturated rings. The number of nitrogens with zero attached hydrogens (tertiary/aromatic N) is 6. The van der Waals surface area contributed by atoms with E-state index in [0.717, 1.165) is 28.2 Å². The Morgan fingerprint density at radius 1 is 1.23 bits per heavy atom. The van der Waals surface area contributed by atoms with Crippen molar-refractivity contribution in [1.82, 2.24) is 29.5 Å². The molecule has 3 aromatic rings. The summed E-state index contributed by atoms with van der Waals surface area (Å²) >= 11 is 0. The summed E-state index contributed by atoms with van der Waals surface area (Å²) in [4.78, 5) is 8.84. The summed E-state index contributed by atoms with van der Waals surface area (Å²) in [6.45, 7) is 4.67. The minimum absolute atomic E-state index is 0.601. The Balaban J connectivity index is 1.80. The van der Waals surface area contributed by atoms with E-state index in [2.05, 4.69) is 25.5 Å². The third-order valence-corrected chi connectivity index (χ3v) is 3.72. The zero-order chi connectivity index (χ0) is 15.7. The monoisotopic (exact) mass is 297 g/mol. The number of hydrogen-bond acceptors (Lipinski definition) is 5. The predicted molar refractivity (Wildman–Crippen MR) is 84.2 cm³/mol. The fourth-order valence-electron chi connectivity index (χ4n) is 2.34. The molecule has 0 aliphatic carbocycles. The highest BCUT2D eigenvalue weighted by atomic mass is 15.3. The summed E-state index contributed by atoms with van der Waals surface area (Å²) in [6.07, 6.45) is 5.58. The zero-order valence-electron chi connectivity index (χ0n) is 13.2. The summed E-state index contributed by atoms with van der Waals surface area (Å²) in [7, 11) is 3.84. The Bertz CT molecular complexity index is 800. The van der Waals surface area contributed by atoms with Gasteiger partial charge in [-0.2, -0.15) is 10.2 Å². The number of rotatable bonds is 4. The number of aryl methyl sites for hydroxylation is 3. The van der Waals surface area contributed by atoms with E-state index in [9.17, 15) is 0 Å². The number of hydrogen-bond donors (Lipinski definition) is 1. The molecule has 0 amide bonds. The SMILES string of the molecule is Cc1nn(C)cc1-c1ccnc(NCc2cnn(C)c2C)n1. The van der Waals surface area contributed by atoms with Gasteiger partial charge in [0.2, 0.25) is 5.95 Å². The van der Waals surface area contributed by atoms with Crippen molar-refractivity contribution in [3.05, 3.63) is 41.6 Å². The molecule has 3 heterocycles. The zero-order valence-corrected chi connectivity index (χ0v) is 13.2. The molecule has 0 radical (unpaired) electrons. The Labute approximate surface area is 129 Å². The largest absolute Gasteiger partial charge is 0.350 e. The molecule has 0 unspecified atom stereocenters. The molecule has 0 bridgehead atoms. The second kappa shape index (κ2) is 5.59. The molecule has 7 heteroatoms. The van der Waals surface area contributed by atoms with Crippen LogP contribution in [-0.4, -0.2) is 29.5 Å². The first kappa shape index (κ1) is 14.2. The standard InChI is InChI=1S/C15H19N7/c1-10-13(9-21(3)20-10)14-5-6-16-15(19-14)17-7-12-8-18-22(4)11(12)2/h5-6,8-9H,7H2,1-4H3,(H,16,17,19). The van der Waals surface area contributed by atoms with Crippen molar-refractivity contribution in [2.75, 3.05) is 5.32 Å². The Kier molecular flexibility index (Phi) is 3.62. The Morgan fingerprint density at radius 2 is 2.05 bits per heavy atom. The maximum absolute atomic E-state index is 4.57. The van der Waals surface area contributed by atoms with E-state index < -0.39 is 0 Å². The van der Waals surface area contributed by atoms with Crippen molar-refractivity contribution in [3.8, 4) is 11.3 Å². The van der Waals surface area contributed by atoms with Crippen LogP contribution >= 0.6 is 0 Å². The van der Waals surface area contributed by atoms with E-state index in [-0.39, 0.29) is 0 Å². The third-order valence-electron chi connectivity index (χ3n) is 3.72. The average molecular weight is 297 g/mol. The van der Waals surface area contributed by atoms with Crippen molar-refractivity contribution in [3.63, 3.8) is 0 Å². The first-order chi connectivity index (χ1) is 10.5. The van der Waals surface area contributed by atoms with Crippen molar-refractivity contribution in [2.24, 2.45) is 14.1 Å². The van der Waals surface area contributed by atoms with E-state index in [4.69, 9.17) is 0 Å². The molecule has 0 aliphatic heterocycles. The lowest BCUT2D eigenvalue weighted by atomic mass is 10.2. The van der Waals surface area contributed by atoms with Crippen molar-refractivity contribution in [2.45, 2.75) is 20.4 Å². The fourth-order valence-corrected chi connectivity index (χ4v) is 2.34. The van der Waals surface area contributed by atoms with Gasteiger partial charge in [0.1, 0.15) is 0 Å². The van der Waals surface area contributed by atoms with Crippen LogP contribution in [0.1, 0.15) is 17.0 Å². The highest BCUT2D eigenvalue weighted by Gasteiger charge is 2.09. The van der Waals surface area contributed by atoms with Crippen LogP contribution < -0.4 is 5.32 Å². The minimum Gasteiger partial charge on any atom is -0.350 e. The summed E-state index contributed by atoms with van der Waals surface area (Å²) in [6, 6.07) is 1.89. The topological polar surface area (TPSA) is 73.5 Å². The Morgan fingerprint density at radius 3 is 2.68 bits per heavy atom. The lowest BCUT2D eigenvalue weighted by Crippen LogP contribution is -2.05. The first-order valence-electron chi connectivity index (χ1n) is 7.09. The van der Waals surface area contributed by atoms with Gasteiger partial charge in [-0.15, -0.1) is 0 Å². The normalized spacial score (nSPS) is 10.9. The van der Waals surface area contributed by atoms with E-state index in [1.807, 2.05) is 51.1 Å². The second-order valence-electron chi connectivity index (χ2n) is 5.30. The van der Waals surface area contributed by atoms with Crippen molar-refractivity contribution >= 4 is 5.95 Å². The molecule has 0 spiro atoms. The van der Waals surface area contributed by atoms with Gasteiger partial charge < -0.3 is 5.32 Å². The van der Waals surface area contributed by atoms with Gasteiger partial charge in [0.25, 0.3) is 0 Å². The second-order valence-corrected chi connectivity index (χ2v) is 5.30. The summed E-state index contributed by atoms with van der Waals surface area (Å²) < 4.78 is 3.65. The van der Waals surface area contributed by atoms with Gasteiger partial charge >= 0.3 is 0 Å². The number of anilines is 1. The van der Waals surface area contributed by atoms with Gasteiger partial charge in [0, 0.05) is 49.9 Å². The van der Waals surface area contributed by atoms with Crippen molar-refractivity contribution in [1.29, 1.82) is 0 Å². The smallest absolute Gasteiger partial charge is 0.223 e. The first-order valence-corrected chi connectivity index (χ1v) is 7.09. The van der Waals surface area contributed by atoms with Crippen molar-refractivity contribution < 1.29 is 0 Å². The molecule has 0 aromatic carbocycles. The maximum atomic E-state index is 4.57. The number of nitrogens with one attached hydrogen (secondary N) is 1. The summed E-state index contributed by atoms with van der Waals surface area (Å²) in [5, 5.41) is 11.8. The van der Waals surface area contributed by atoms with E-state index >= 15 is 0 Å². The van der Waals surface area contributed by atoms with Crippen LogP contribution in [-0.2, 0) is 20.6 Å². The molecule has 3 rings (SSSR count). The molecule has 0 aliphatic rings. The van der Waals surface area contributed by atoms with Crippen LogP contribution in [0.3, 0.4) is 0 Å². The fraction of sp³-hybridized carbons (Fsp3) is 0.333. The molecule has 3 aromatic heterocycles.